The molecule has 1 saturated heterocycles. The molecule has 5 heteroatoms. The average Bonchev–Trinajstić information content (AvgIpc) is 2.97. The zero-order chi connectivity index (χ0) is 19.5. The van der Waals surface area contributed by atoms with E-state index in [1.54, 1.807) is 6.07 Å². The van der Waals surface area contributed by atoms with Gasteiger partial charge in [0.15, 0.2) is 5.79 Å². The summed E-state index contributed by atoms with van der Waals surface area (Å²) in [6, 6.07) is 5.41. The Morgan fingerprint density at radius 1 is 1.14 bits per heavy atom. The Bertz CT molecular complexity index is 748. The Balaban J connectivity index is 1.44. The van der Waals surface area contributed by atoms with E-state index >= 15 is 0 Å². The van der Waals surface area contributed by atoms with Gasteiger partial charge in [-0.2, -0.15) is 0 Å². The number of hydrogen-bond donors (Lipinski definition) is 1. The van der Waals surface area contributed by atoms with Gasteiger partial charge in [-0.15, -0.1) is 0 Å². The van der Waals surface area contributed by atoms with Gasteiger partial charge in [0.05, 0.1) is 12.2 Å². The van der Waals surface area contributed by atoms with E-state index in [9.17, 15) is 9.90 Å². The quantitative estimate of drug-likeness (QED) is 0.813. The fourth-order valence-electron chi connectivity index (χ4n) is 6.67. The molecule has 4 aliphatic carbocycles. The highest BCUT2D eigenvalue weighted by molar-refractivity contribution is 5.88. The van der Waals surface area contributed by atoms with Gasteiger partial charge in [-0.1, -0.05) is 0 Å². The number of aromatic carboxylic acids is 1. The Labute approximate surface area is 166 Å². The third-order valence-corrected chi connectivity index (χ3v) is 7.33. The lowest BCUT2D eigenvalue weighted by Crippen LogP contribution is -2.48. The first-order chi connectivity index (χ1) is 13.3. The first-order valence-electron chi connectivity index (χ1n) is 10.6. The number of rotatable bonds is 5. The van der Waals surface area contributed by atoms with Crippen LogP contribution in [0.15, 0.2) is 18.2 Å². The minimum atomic E-state index is -0.869. The molecule has 1 unspecified atom stereocenters. The van der Waals surface area contributed by atoms with E-state index in [0.717, 1.165) is 29.1 Å². The molecule has 1 atom stereocenters. The summed E-state index contributed by atoms with van der Waals surface area (Å²) in [4.78, 5) is 11.7. The topological polar surface area (TPSA) is 65.0 Å². The predicted molar refractivity (Wildman–Crippen MR) is 104 cm³/mol. The number of benzene rings is 1. The van der Waals surface area contributed by atoms with Gasteiger partial charge in [-0.3, -0.25) is 0 Å². The maximum Gasteiger partial charge on any atom is 0.335 e. The SMILES string of the molecule is CC1(C)OCC(COc2ccc(C(=O)O)cc2C23CC4CC(CC(C4)C2)C3)O1. The van der Waals surface area contributed by atoms with Crippen LogP contribution < -0.4 is 4.74 Å². The summed E-state index contributed by atoms with van der Waals surface area (Å²) in [5.74, 6) is 1.77. The molecule has 1 heterocycles. The zero-order valence-electron chi connectivity index (χ0n) is 16.8. The molecule has 1 aliphatic heterocycles. The van der Waals surface area contributed by atoms with E-state index in [4.69, 9.17) is 14.2 Å². The molecule has 4 bridgehead atoms. The van der Waals surface area contributed by atoms with Gasteiger partial charge in [0, 0.05) is 5.56 Å². The van der Waals surface area contributed by atoms with Crippen LogP contribution in [0.5, 0.6) is 5.75 Å². The molecule has 1 N–H and O–H groups in total. The second-order valence-electron chi connectivity index (χ2n) is 9.98. The van der Waals surface area contributed by atoms with Crippen molar-refractivity contribution in [3.05, 3.63) is 29.3 Å². The van der Waals surface area contributed by atoms with Crippen LogP contribution in [0.25, 0.3) is 0 Å². The van der Waals surface area contributed by atoms with Crippen molar-refractivity contribution in [1.82, 2.24) is 0 Å². The van der Waals surface area contributed by atoms with Crippen molar-refractivity contribution in [1.29, 1.82) is 0 Å². The molecule has 0 spiro atoms. The minimum Gasteiger partial charge on any atom is -0.490 e. The molecule has 1 aromatic carbocycles. The Hall–Kier alpha value is -1.59. The summed E-state index contributed by atoms with van der Waals surface area (Å²) in [5, 5.41) is 9.56. The summed E-state index contributed by atoms with van der Waals surface area (Å²) in [7, 11) is 0. The zero-order valence-corrected chi connectivity index (χ0v) is 16.8. The lowest BCUT2D eigenvalue weighted by atomic mass is 9.48. The van der Waals surface area contributed by atoms with Crippen molar-refractivity contribution in [2.45, 2.75) is 69.7 Å². The van der Waals surface area contributed by atoms with Crippen LogP contribution in [0.4, 0.5) is 0 Å². The first-order valence-corrected chi connectivity index (χ1v) is 10.6. The van der Waals surface area contributed by atoms with Crippen molar-refractivity contribution in [2.75, 3.05) is 13.2 Å². The van der Waals surface area contributed by atoms with E-state index in [1.807, 2.05) is 26.0 Å². The van der Waals surface area contributed by atoms with Gasteiger partial charge in [0.1, 0.15) is 18.5 Å². The van der Waals surface area contributed by atoms with Crippen molar-refractivity contribution in [2.24, 2.45) is 17.8 Å². The lowest BCUT2D eigenvalue weighted by Gasteiger charge is -2.57. The molecule has 5 fully saturated rings. The molecule has 0 radical (unpaired) electrons. The first kappa shape index (κ1) is 18.4. The highest BCUT2D eigenvalue weighted by Crippen LogP contribution is 2.62. The molecule has 4 saturated carbocycles. The molecule has 152 valence electrons. The van der Waals surface area contributed by atoms with Crippen LogP contribution in [0.3, 0.4) is 0 Å². The average molecular weight is 386 g/mol. The molecule has 5 aliphatic rings. The van der Waals surface area contributed by atoms with Crippen molar-refractivity contribution < 1.29 is 24.1 Å². The summed E-state index contributed by atoms with van der Waals surface area (Å²) in [6.45, 7) is 4.77. The summed E-state index contributed by atoms with van der Waals surface area (Å²) in [6.07, 6.45) is 7.50. The second kappa shape index (κ2) is 6.46. The fourth-order valence-corrected chi connectivity index (χ4v) is 6.67. The maximum absolute atomic E-state index is 11.7. The number of carboxylic acid groups (broad SMARTS) is 1. The smallest absolute Gasteiger partial charge is 0.335 e. The lowest BCUT2D eigenvalue weighted by molar-refractivity contribution is -0.141. The Morgan fingerprint density at radius 2 is 1.79 bits per heavy atom. The largest absolute Gasteiger partial charge is 0.490 e. The van der Waals surface area contributed by atoms with Gasteiger partial charge >= 0.3 is 5.97 Å². The number of carbonyl (C=O) groups is 1. The molecule has 28 heavy (non-hydrogen) atoms. The summed E-state index contributed by atoms with van der Waals surface area (Å²) in [5.41, 5.74) is 1.56. The maximum atomic E-state index is 11.7. The molecule has 0 amide bonds. The molecular formula is C23H30O5. The fraction of sp³-hybridized carbons (Fsp3) is 0.696. The summed E-state index contributed by atoms with van der Waals surface area (Å²) >= 11 is 0. The normalized spacial score (nSPS) is 37.9. The molecule has 1 aromatic rings. The van der Waals surface area contributed by atoms with Crippen LogP contribution in [-0.2, 0) is 14.9 Å². The monoisotopic (exact) mass is 386 g/mol. The van der Waals surface area contributed by atoms with Gasteiger partial charge in [-0.05, 0) is 93.7 Å². The summed E-state index contributed by atoms with van der Waals surface area (Å²) < 4.78 is 17.8. The molecular weight excluding hydrogens is 356 g/mol. The van der Waals surface area contributed by atoms with E-state index in [-0.39, 0.29) is 11.5 Å². The molecule has 5 nitrogen and oxygen atoms in total. The third-order valence-electron chi connectivity index (χ3n) is 7.33. The Morgan fingerprint density at radius 3 is 2.32 bits per heavy atom. The van der Waals surface area contributed by atoms with Gasteiger partial charge < -0.3 is 19.3 Å². The number of hydrogen-bond acceptors (Lipinski definition) is 4. The van der Waals surface area contributed by atoms with Crippen LogP contribution in [-0.4, -0.2) is 36.2 Å². The number of ether oxygens (including phenoxy) is 3. The van der Waals surface area contributed by atoms with E-state index in [2.05, 4.69) is 0 Å². The third kappa shape index (κ3) is 3.22. The number of carboxylic acids is 1. The van der Waals surface area contributed by atoms with Crippen LogP contribution in [0.1, 0.15) is 68.3 Å². The van der Waals surface area contributed by atoms with Gasteiger partial charge in [0.25, 0.3) is 0 Å². The van der Waals surface area contributed by atoms with Crippen LogP contribution in [0, 0.1) is 17.8 Å². The van der Waals surface area contributed by atoms with Crippen LogP contribution in [0.2, 0.25) is 0 Å². The molecule has 0 aromatic heterocycles. The Kier molecular flexibility index (Phi) is 4.25. The van der Waals surface area contributed by atoms with Crippen molar-refractivity contribution in [3.8, 4) is 5.75 Å². The van der Waals surface area contributed by atoms with E-state index in [0.29, 0.717) is 18.8 Å². The highest BCUT2D eigenvalue weighted by atomic mass is 16.7. The standard InChI is InChI=1S/C23H30O5/c1-22(2)27-13-18(28-22)12-26-20-4-3-17(21(24)25)8-19(20)23-9-14-5-15(10-23)7-16(6-14)11-23/h3-4,8,14-16,18H,5-7,9-13H2,1-2H3,(H,24,25). The van der Waals surface area contributed by atoms with Crippen molar-refractivity contribution >= 4 is 5.97 Å². The van der Waals surface area contributed by atoms with Crippen LogP contribution >= 0.6 is 0 Å². The van der Waals surface area contributed by atoms with Crippen molar-refractivity contribution in [3.63, 3.8) is 0 Å². The minimum absolute atomic E-state index is 0.0852. The second-order valence-corrected chi connectivity index (χ2v) is 9.98. The predicted octanol–water partition coefficient (Wildman–Crippen LogP) is 4.38. The molecule has 6 rings (SSSR count). The van der Waals surface area contributed by atoms with E-state index < -0.39 is 11.8 Å². The van der Waals surface area contributed by atoms with Gasteiger partial charge in [-0.25, -0.2) is 4.79 Å². The van der Waals surface area contributed by atoms with Gasteiger partial charge in [0.2, 0.25) is 0 Å². The highest BCUT2D eigenvalue weighted by Gasteiger charge is 2.52. The van der Waals surface area contributed by atoms with E-state index in [1.165, 1.54) is 38.5 Å².